The normalized spacial score (nSPS) is 14.5. The number of hydrogen-bond donors (Lipinski definition) is 0. The van der Waals surface area contributed by atoms with Crippen LogP contribution in [0.5, 0.6) is 0 Å². The molecule has 11 aromatic rings. The van der Waals surface area contributed by atoms with E-state index in [0.29, 0.717) is 0 Å². The lowest BCUT2D eigenvalue weighted by molar-refractivity contribution is 0.685. The first-order valence-electron chi connectivity index (χ1n) is 22.2. The molecule has 62 heavy (non-hydrogen) atoms. The molecule has 13 rings (SSSR count). The third kappa shape index (κ3) is 4.89. The van der Waals surface area contributed by atoms with E-state index in [2.05, 4.69) is 221 Å². The van der Waals surface area contributed by atoms with Crippen LogP contribution in [-0.2, 0) is 12.8 Å². The Morgan fingerprint density at radius 3 is 1.69 bits per heavy atom. The monoisotopic (exact) mass is 796 g/mol. The smallest absolute Gasteiger partial charge is 0.0641 e. The van der Waals surface area contributed by atoms with Gasteiger partial charge in [0, 0.05) is 60.6 Å². The number of benzene rings is 8. The fourth-order valence-electron chi connectivity index (χ4n) is 11.0. The van der Waals surface area contributed by atoms with Crippen LogP contribution in [0.15, 0.2) is 188 Å². The first kappa shape index (κ1) is 35.2. The summed E-state index contributed by atoms with van der Waals surface area (Å²) in [5, 5.41) is 7.74. The maximum atomic E-state index is 2.68. The van der Waals surface area contributed by atoms with E-state index >= 15 is 0 Å². The summed E-state index contributed by atoms with van der Waals surface area (Å²) in [4.78, 5) is 4.91. The van der Waals surface area contributed by atoms with Gasteiger partial charge in [-0.05, 0) is 115 Å². The number of para-hydroxylation sites is 3. The van der Waals surface area contributed by atoms with E-state index < -0.39 is 0 Å². The lowest BCUT2D eigenvalue weighted by Gasteiger charge is -2.28. The van der Waals surface area contributed by atoms with Gasteiger partial charge in [0.25, 0.3) is 0 Å². The van der Waals surface area contributed by atoms with Gasteiger partial charge in [0.05, 0.1) is 45.0 Å². The Hall–Kier alpha value is -7.56. The third-order valence-corrected chi connectivity index (χ3v) is 13.8. The number of aryl methyl sites for hydroxylation is 2. The van der Waals surface area contributed by atoms with Crippen LogP contribution in [0.1, 0.15) is 43.0 Å². The molecule has 4 heterocycles. The molecule has 2 aliphatic rings. The van der Waals surface area contributed by atoms with Gasteiger partial charge in [-0.3, -0.25) is 0 Å². The average molecular weight is 797 g/mol. The Morgan fingerprint density at radius 1 is 0.484 bits per heavy atom. The molecule has 0 bridgehead atoms. The van der Waals surface area contributed by atoms with Crippen LogP contribution in [0.25, 0.3) is 65.5 Å². The molecule has 0 radical (unpaired) electrons. The first-order chi connectivity index (χ1) is 30.7. The molecule has 3 aromatic heterocycles. The molecule has 0 saturated heterocycles. The van der Waals surface area contributed by atoms with Crippen LogP contribution in [0, 0.1) is 0 Å². The second-order valence-electron chi connectivity index (χ2n) is 17.0. The fourth-order valence-corrected chi connectivity index (χ4v) is 11.0. The second kappa shape index (κ2) is 13.5. The van der Waals surface area contributed by atoms with Crippen molar-refractivity contribution in [1.82, 2.24) is 8.97 Å². The van der Waals surface area contributed by atoms with Crippen molar-refractivity contribution in [3.8, 4) is 0 Å². The van der Waals surface area contributed by atoms with Crippen LogP contribution < -0.4 is 9.80 Å². The molecular weight excluding hydrogens is 753 g/mol. The highest BCUT2D eigenvalue weighted by molar-refractivity contribution is 6.30. The van der Waals surface area contributed by atoms with E-state index in [-0.39, 0.29) is 6.04 Å². The van der Waals surface area contributed by atoms with Gasteiger partial charge in [0.2, 0.25) is 0 Å². The Labute approximate surface area is 360 Å². The zero-order valence-corrected chi connectivity index (χ0v) is 34.9. The van der Waals surface area contributed by atoms with Crippen molar-refractivity contribution in [2.75, 3.05) is 9.80 Å². The molecule has 296 valence electrons. The predicted molar refractivity (Wildman–Crippen MR) is 263 cm³/mol. The summed E-state index contributed by atoms with van der Waals surface area (Å²) in [6, 6.07) is 63.7. The number of anilines is 6. The Bertz CT molecular complexity index is 3610. The van der Waals surface area contributed by atoms with Crippen molar-refractivity contribution >= 4 is 99.6 Å². The standard InChI is InChI=1S/C58H44N4/c1-3-37-23-27-41(28-24-37)59(39-15-7-5-8-16-39)51-33-31-43-47-35-54-48(36-53(47)61-49-21-13-11-19-45(49)55(51)57(43)61)44-32-34-52(56-46-20-12-14-22-50(46)62(54)58(44)56)60(40-17-9-6-10-18-40)42-29-25-38(4-2)26-30-42/h5-21,23-36,50H,3-4,22H2,1-2H3. The van der Waals surface area contributed by atoms with E-state index in [1.54, 1.807) is 0 Å². The van der Waals surface area contributed by atoms with Crippen molar-refractivity contribution in [3.05, 3.63) is 205 Å². The van der Waals surface area contributed by atoms with Crippen molar-refractivity contribution < 1.29 is 0 Å². The van der Waals surface area contributed by atoms with Gasteiger partial charge < -0.3 is 18.8 Å². The number of nitrogens with zero attached hydrogens (tertiary/aromatic N) is 4. The van der Waals surface area contributed by atoms with Crippen molar-refractivity contribution in [1.29, 1.82) is 0 Å². The molecule has 0 spiro atoms. The van der Waals surface area contributed by atoms with E-state index in [1.165, 1.54) is 99.2 Å². The number of hydrogen-bond acceptors (Lipinski definition) is 2. The lowest BCUT2D eigenvalue weighted by Crippen LogP contribution is -2.12. The number of fused-ring (bicyclic) bond motifs is 12. The van der Waals surface area contributed by atoms with E-state index in [0.717, 1.165) is 36.3 Å². The van der Waals surface area contributed by atoms with Crippen molar-refractivity contribution in [2.24, 2.45) is 0 Å². The SMILES string of the molecule is CCc1ccc(N(c2ccccc2)c2ccc3c4cc5c(cc4n4c3c2C2=CC=CCC24)c2ccc(N(c3ccccc3)c3ccc(CC)cc3)c3c4ccccc4n5c23)cc1. The summed E-state index contributed by atoms with van der Waals surface area (Å²) < 4.78 is 5.23. The summed E-state index contributed by atoms with van der Waals surface area (Å²) >= 11 is 0. The van der Waals surface area contributed by atoms with Crippen LogP contribution >= 0.6 is 0 Å². The highest BCUT2D eigenvalue weighted by Gasteiger charge is 2.36. The van der Waals surface area contributed by atoms with Crippen LogP contribution in [0.3, 0.4) is 0 Å². The maximum Gasteiger partial charge on any atom is 0.0641 e. The Balaban J connectivity index is 1.09. The summed E-state index contributed by atoms with van der Waals surface area (Å²) in [7, 11) is 0. The summed E-state index contributed by atoms with van der Waals surface area (Å²) in [6.07, 6.45) is 9.97. The van der Waals surface area contributed by atoms with E-state index in [4.69, 9.17) is 0 Å². The van der Waals surface area contributed by atoms with Gasteiger partial charge in [0.1, 0.15) is 0 Å². The minimum Gasteiger partial charge on any atom is -0.332 e. The molecule has 1 unspecified atom stereocenters. The van der Waals surface area contributed by atoms with Gasteiger partial charge in [-0.15, -0.1) is 0 Å². The third-order valence-electron chi connectivity index (χ3n) is 13.8. The zero-order valence-electron chi connectivity index (χ0n) is 34.9. The van der Waals surface area contributed by atoms with Gasteiger partial charge in [-0.25, -0.2) is 0 Å². The van der Waals surface area contributed by atoms with Crippen LogP contribution in [0.2, 0.25) is 0 Å². The largest absolute Gasteiger partial charge is 0.332 e. The molecule has 1 aliphatic carbocycles. The summed E-state index contributed by atoms with van der Waals surface area (Å²) in [5.74, 6) is 0. The van der Waals surface area contributed by atoms with E-state index in [1.807, 2.05) is 0 Å². The Kier molecular flexibility index (Phi) is 7.65. The average Bonchev–Trinajstić information content (AvgIpc) is 4.06. The molecule has 4 heteroatoms. The Morgan fingerprint density at radius 2 is 1.03 bits per heavy atom. The van der Waals surface area contributed by atoms with Gasteiger partial charge >= 0.3 is 0 Å². The number of rotatable bonds is 8. The lowest BCUT2D eigenvalue weighted by atomic mass is 9.92. The maximum absolute atomic E-state index is 2.68. The quantitative estimate of drug-likeness (QED) is 0.152. The molecule has 4 nitrogen and oxygen atoms in total. The molecule has 8 aromatic carbocycles. The van der Waals surface area contributed by atoms with Crippen molar-refractivity contribution in [2.45, 2.75) is 39.2 Å². The number of aromatic nitrogens is 2. The topological polar surface area (TPSA) is 15.8 Å². The molecule has 0 saturated carbocycles. The molecule has 0 amide bonds. The molecule has 0 fully saturated rings. The first-order valence-corrected chi connectivity index (χ1v) is 22.2. The fraction of sp³-hybridized carbons (Fsp3) is 0.103. The van der Waals surface area contributed by atoms with Gasteiger partial charge in [-0.2, -0.15) is 0 Å². The summed E-state index contributed by atoms with van der Waals surface area (Å²) in [6.45, 7) is 4.44. The van der Waals surface area contributed by atoms with Crippen LogP contribution in [-0.4, -0.2) is 8.97 Å². The minimum absolute atomic E-state index is 0.219. The minimum atomic E-state index is 0.219. The van der Waals surface area contributed by atoms with Crippen LogP contribution in [0.4, 0.5) is 34.1 Å². The summed E-state index contributed by atoms with van der Waals surface area (Å²) in [5.41, 5.74) is 18.9. The zero-order chi connectivity index (χ0) is 41.1. The molecule has 1 atom stereocenters. The second-order valence-corrected chi connectivity index (χ2v) is 17.0. The molecule has 1 aliphatic heterocycles. The van der Waals surface area contributed by atoms with Gasteiger partial charge in [0.15, 0.2) is 0 Å². The number of allylic oxidation sites excluding steroid dienone is 4. The molecule has 0 N–H and O–H groups in total. The molecular formula is C58H44N4. The highest BCUT2D eigenvalue weighted by atomic mass is 15.2. The highest BCUT2D eigenvalue weighted by Crippen LogP contribution is 2.55. The van der Waals surface area contributed by atoms with Crippen molar-refractivity contribution in [3.63, 3.8) is 0 Å². The predicted octanol–water partition coefficient (Wildman–Crippen LogP) is 15.9. The van der Waals surface area contributed by atoms with E-state index in [9.17, 15) is 0 Å². The van der Waals surface area contributed by atoms with Gasteiger partial charge in [-0.1, -0.05) is 123 Å².